The van der Waals surface area contributed by atoms with Gasteiger partial charge < -0.3 is 16.0 Å². The van der Waals surface area contributed by atoms with E-state index in [2.05, 4.69) is 28.1 Å². The number of hydrogen-bond donors (Lipinski definition) is 3. The molecule has 0 radical (unpaired) electrons. The maximum Gasteiger partial charge on any atom is 0.220 e. The first kappa shape index (κ1) is 18.5. The van der Waals surface area contributed by atoms with Crippen molar-refractivity contribution >= 4 is 24.2 Å². The van der Waals surface area contributed by atoms with E-state index in [9.17, 15) is 9.59 Å². The van der Waals surface area contributed by atoms with Gasteiger partial charge in [0.05, 0.1) is 0 Å². The van der Waals surface area contributed by atoms with E-state index >= 15 is 0 Å². The molecule has 1 aliphatic heterocycles. The van der Waals surface area contributed by atoms with E-state index in [1.165, 1.54) is 11.1 Å². The average molecular weight is 326 g/mol. The van der Waals surface area contributed by atoms with Crippen molar-refractivity contribution in [3.63, 3.8) is 0 Å². The summed E-state index contributed by atoms with van der Waals surface area (Å²) < 4.78 is 0. The van der Waals surface area contributed by atoms with Crippen LogP contribution in [0.1, 0.15) is 42.9 Å². The Morgan fingerprint density at radius 3 is 2.50 bits per heavy atom. The van der Waals surface area contributed by atoms with Gasteiger partial charge in [-0.2, -0.15) is 0 Å². The molecule has 1 aliphatic rings. The number of amides is 2. The topological polar surface area (TPSA) is 70.2 Å². The Balaban J connectivity index is 0.00000242. The number of nitrogens with one attached hydrogen (secondary N) is 3. The van der Waals surface area contributed by atoms with Crippen molar-refractivity contribution in [1.82, 2.24) is 16.0 Å². The predicted octanol–water partition coefficient (Wildman–Crippen LogP) is 1.63. The van der Waals surface area contributed by atoms with Gasteiger partial charge in [-0.25, -0.2) is 0 Å². The Kier molecular flexibility index (Phi) is 7.91. The van der Waals surface area contributed by atoms with Crippen LogP contribution in [0, 0.1) is 0 Å². The summed E-state index contributed by atoms with van der Waals surface area (Å²) in [6.07, 6.45) is 1.40. The SMILES string of the molecule is CCCNC(=O)CCC(=O)NCc1ccc2c(c1)CNC2.Cl. The van der Waals surface area contributed by atoms with Gasteiger partial charge in [-0.15, -0.1) is 12.4 Å². The van der Waals surface area contributed by atoms with Crippen molar-refractivity contribution in [3.05, 3.63) is 34.9 Å². The minimum atomic E-state index is -0.0831. The molecule has 2 rings (SSSR count). The maximum absolute atomic E-state index is 11.7. The van der Waals surface area contributed by atoms with Gasteiger partial charge in [0, 0.05) is 39.0 Å². The molecule has 0 saturated heterocycles. The highest BCUT2D eigenvalue weighted by Gasteiger charge is 2.10. The van der Waals surface area contributed by atoms with Gasteiger partial charge in [0.2, 0.25) is 11.8 Å². The van der Waals surface area contributed by atoms with Gasteiger partial charge in [0.15, 0.2) is 0 Å². The summed E-state index contributed by atoms with van der Waals surface area (Å²) in [6, 6.07) is 6.28. The lowest BCUT2D eigenvalue weighted by atomic mass is 10.1. The molecule has 1 aromatic rings. The van der Waals surface area contributed by atoms with Gasteiger partial charge in [-0.1, -0.05) is 25.1 Å². The summed E-state index contributed by atoms with van der Waals surface area (Å²) >= 11 is 0. The summed E-state index contributed by atoms with van der Waals surface area (Å²) in [5, 5.41) is 8.92. The normalized spacial score (nSPS) is 12.2. The molecule has 0 atom stereocenters. The van der Waals surface area contributed by atoms with Crippen LogP contribution >= 0.6 is 12.4 Å². The third kappa shape index (κ3) is 5.66. The second-order valence-electron chi connectivity index (χ2n) is 5.33. The fraction of sp³-hybridized carbons (Fsp3) is 0.500. The molecule has 0 aliphatic carbocycles. The standard InChI is InChI=1S/C16H23N3O2.ClH/c1-2-7-18-15(20)5-6-16(21)19-9-12-3-4-13-10-17-11-14(13)8-12;/h3-4,8,17H,2,5-7,9-11H2,1H3,(H,18,20)(H,19,21);1H. The van der Waals surface area contributed by atoms with Gasteiger partial charge in [-0.05, 0) is 23.1 Å². The number of fused-ring (bicyclic) bond motifs is 1. The van der Waals surface area contributed by atoms with Crippen molar-refractivity contribution in [2.45, 2.75) is 45.8 Å². The number of benzene rings is 1. The van der Waals surface area contributed by atoms with E-state index in [-0.39, 0.29) is 37.1 Å². The molecular formula is C16H24ClN3O2. The molecule has 5 nitrogen and oxygen atoms in total. The van der Waals surface area contributed by atoms with E-state index in [4.69, 9.17) is 0 Å². The highest BCUT2D eigenvalue weighted by Crippen LogP contribution is 2.16. The Morgan fingerprint density at radius 2 is 1.77 bits per heavy atom. The van der Waals surface area contributed by atoms with E-state index < -0.39 is 0 Å². The zero-order chi connectivity index (χ0) is 15.1. The molecule has 0 spiro atoms. The first-order chi connectivity index (χ1) is 10.2. The lowest BCUT2D eigenvalue weighted by Crippen LogP contribution is -2.28. The summed E-state index contributed by atoms with van der Waals surface area (Å²) in [7, 11) is 0. The molecule has 1 heterocycles. The third-order valence-electron chi connectivity index (χ3n) is 3.54. The van der Waals surface area contributed by atoms with Crippen LogP contribution < -0.4 is 16.0 Å². The lowest BCUT2D eigenvalue weighted by Gasteiger charge is -2.07. The van der Waals surface area contributed by atoms with Crippen LogP contribution in [-0.2, 0) is 29.2 Å². The van der Waals surface area contributed by atoms with Crippen LogP contribution in [0.4, 0.5) is 0 Å². The van der Waals surface area contributed by atoms with Crippen molar-refractivity contribution in [3.8, 4) is 0 Å². The number of carbonyl (C=O) groups is 2. The highest BCUT2D eigenvalue weighted by molar-refractivity contribution is 5.85. The fourth-order valence-corrected chi connectivity index (χ4v) is 2.33. The smallest absolute Gasteiger partial charge is 0.220 e. The molecule has 0 unspecified atom stereocenters. The van der Waals surface area contributed by atoms with Gasteiger partial charge in [-0.3, -0.25) is 9.59 Å². The molecule has 1 aromatic carbocycles. The highest BCUT2D eigenvalue weighted by atomic mass is 35.5. The monoisotopic (exact) mass is 325 g/mol. The second kappa shape index (κ2) is 9.43. The van der Waals surface area contributed by atoms with Crippen LogP contribution in [0.25, 0.3) is 0 Å². The van der Waals surface area contributed by atoms with Crippen LogP contribution in [0.3, 0.4) is 0 Å². The summed E-state index contributed by atoms with van der Waals surface area (Å²) in [4.78, 5) is 23.1. The predicted molar refractivity (Wildman–Crippen MR) is 88.6 cm³/mol. The zero-order valence-electron chi connectivity index (χ0n) is 12.9. The van der Waals surface area contributed by atoms with Crippen molar-refractivity contribution < 1.29 is 9.59 Å². The van der Waals surface area contributed by atoms with Crippen LogP contribution in [0.5, 0.6) is 0 Å². The summed E-state index contributed by atoms with van der Waals surface area (Å²) in [5.74, 6) is -0.143. The van der Waals surface area contributed by atoms with Crippen LogP contribution in [0.2, 0.25) is 0 Å². The molecule has 0 saturated carbocycles. The van der Waals surface area contributed by atoms with Crippen LogP contribution in [-0.4, -0.2) is 18.4 Å². The molecular weight excluding hydrogens is 302 g/mol. The second-order valence-corrected chi connectivity index (χ2v) is 5.33. The van der Waals surface area contributed by atoms with E-state index in [0.29, 0.717) is 13.1 Å². The first-order valence-electron chi connectivity index (χ1n) is 7.54. The fourth-order valence-electron chi connectivity index (χ4n) is 2.33. The molecule has 0 bridgehead atoms. The largest absolute Gasteiger partial charge is 0.356 e. The quantitative estimate of drug-likeness (QED) is 0.713. The minimum Gasteiger partial charge on any atom is -0.356 e. The number of carbonyl (C=O) groups excluding carboxylic acids is 2. The van der Waals surface area contributed by atoms with E-state index in [1.807, 2.05) is 13.0 Å². The van der Waals surface area contributed by atoms with Gasteiger partial charge in [0.1, 0.15) is 0 Å². The van der Waals surface area contributed by atoms with Crippen molar-refractivity contribution in [1.29, 1.82) is 0 Å². The van der Waals surface area contributed by atoms with Gasteiger partial charge >= 0.3 is 0 Å². The van der Waals surface area contributed by atoms with Crippen molar-refractivity contribution in [2.24, 2.45) is 0 Å². The molecule has 6 heteroatoms. The van der Waals surface area contributed by atoms with E-state index in [1.54, 1.807) is 0 Å². The Bertz CT molecular complexity index is 520. The molecule has 22 heavy (non-hydrogen) atoms. The summed E-state index contributed by atoms with van der Waals surface area (Å²) in [5.41, 5.74) is 3.74. The van der Waals surface area contributed by atoms with Gasteiger partial charge in [0.25, 0.3) is 0 Å². The van der Waals surface area contributed by atoms with Crippen molar-refractivity contribution in [2.75, 3.05) is 6.54 Å². The molecule has 122 valence electrons. The number of rotatable bonds is 7. The van der Waals surface area contributed by atoms with E-state index in [0.717, 1.165) is 25.1 Å². The Morgan fingerprint density at radius 1 is 1.09 bits per heavy atom. The number of hydrogen-bond acceptors (Lipinski definition) is 3. The summed E-state index contributed by atoms with van der Waals surface area (Å²) in [6.45, 7) is 5.01. The molecule has 3 N–H and O–H groups in total. The molecule has 0 aromatic heterocycles. The zero-order valence-corrected chi connectivity index (χ0v) is 13.7. The average Bonchev–Trinajstić information content (AvgIpc) is 2.96. The molecule has 0 fully saturated rings. The Hall–Kier alpha value is -1.59. The minimum absolute atomic E-state index is 0. The maximum atomic E-state index is 11.7. The third-order valence-corrected chi connectivity index (χ3v) is 3.54. The first-order valence-corrected chi connectivity index (χ1v) is 7.54. The van der Waals surface area contributed by atoms with Crippen LogP contribution in [0.15, 0.2) is 18.2 Å². The molecule has 2 amide bonds. The number of halogens is 1. The Labute approximate surface area is 137 Å². The lowest BCUT2D eigenvalue weighted by molar-refractivity contribution is -0.126.